The first-order valence-corrected chi connectivity index (χ1v) is 6.92. The molecule has 0 aliphatic carbocycles. The summed E-state index contributed by atoms with van der Waals surface area (Å²) in [6.07, 6.45) is 2.07. The Morgan fingerprint density at radius 1 is 1.10 bits per heavy atom. The first-order valence-electron chi connectivity index (χ1n) is 6.92. The van der Waals surface area contributed by atoms with E-state index in [0.29, 0.717) is 12.1 Å². The number of carbonyl (C=O) groups is 1. The van der Waals surface area contributed by atoms with Gasteiger partial charge in [-0.2, -0.15) is 0 Å². The van der Waals surface area contributed by atoms with Gasteiger partial charge in [0.25, 0.3) is 0 Å². The van der Waals surface area contributed by atoms with Crippen LogP contribution in [0, 0.1) is 6.92 Å². The summed E-state index contributed by atoms with van der Waals surface area (Å²) in [6.45, 7) is 8.47. The molecule has 0 aliphatic heterocycles. The fourth-order valence-electron chi connectivity index (χ4n) is 2.17. The lowest BCUT2D eigenvalue weighted by molar-refractivity contribution is 0.0987. The van der Waals surface area contributed by atoms with Gasteiger partial charge in [0, 0.05) is 12.6 Å². The Labute approximate surface area is 120 Å². The maximum Gasteiger partial charge on any atom is 0.185 e. The van der Waals surface area contributed by atoms with E-state index in [0.717, 1.165) is 11.1 Å². The molecule has 0 radical (unpaired) electrons. The fraction of sp³-hybridized carbons (Fsp3) is 0.333. The van der Waals surface area contributed by atoms with Gasteiger partial charge in [-0.05, 0) is 35.1 Å². The lowest BCUT2D eigenvalue weighted by Crippen LogP contribution is -2.11. The molecule has 0 fully saturated rings. The lowest BCUT2D eigenvalue weighted by Gasteiger charge is -2.19. The molecule has 1 aromatic carbocycles. The predicted octanol–water partition coefficient (Wildman–Crippen LogP) is 4.11. The SMILES string of the molecule is Cc1cccnc1C(=O)Cc1ccc(C(C)(C)C)cc1. The number of carbonyl (C=O) groups excluding carboxylic acids is 1. The number of pyridine rings is 1. The van der Waals surface area contributed by atoms with Crippen LogP contribution >= 0.6 is 0 Å². The highest BCUT2D eigenvalue weighted by Crippen LogP contribution is 2.22. The van der Waals surface area contributed by atoms with E-state index in [9.17, 15) is 4.79 Å². The van der Waals surface area contributed by atoms with E-state index in [4.69, 9.17) is 0 Å². The molecule has 2 aromatic rings. The number of hydrogen-bond acceptors (Lipinski definition) is 2. The molecule has 0 saturated heterocycles. The summed E-state index contributed by atoms with van der Waals surface area (Å²) < 4.78 is 0. The molecule has 2 rings (SSSR count). The van der Waals surface area contributed by atoms with Crippen LogP contribution in [-0.2, 0) is 11.8 Å². The molecule has 0 aliphatic rings. The summed E-state index contributed by atoms with van der Waals surface area (Å²) in [5.41, 5.74) is 3.96. The molecular formula is C18H21NO. The van der Waals surface area contributed by atoms with Gasteiger partial charge in [-0.3, -0.25) is 9.78 Å². The summed E-state index contributed by atoms with van der Waals surface area (Å²) in [4.78, 5) is 16.4. The molecule has 0 N–H and O–H groups in total. The van der Waals surface area contributed by atoms with Crippen LogP contribution in [0.5, 0.6) is 0 Å². The second kappa shape index (κ2) is 5.58. The number of aryl methyl sites for hydroxylation is 1. The predicted molar refractivity (Wildman–Crippen MR) is 82.2 cm³/mol. The standard InChI is InChI=1S/C18H21NO/c1-13-6-5-11-19-17(13)16(20)12-14-7-9-15(10-8-14)18(2,3)4/h5-11H,12H2,1-4H3. The molecule has 0 spiro atoms. The molecule has 1 heterocycles. The third-order valence-electron chi connectivity index (χ3n) is 3.46. The van der Waals surface area contributed by atoms with Crippen LogP contribution in [0.3, 0.4) is 0 Å². The Balaban J connectivity index is 2.15. The third kappa shape index (κ3) is 3.32. The number of benzene rings is 1. The summed E-state index contributed by atoms with van der Waals surface area (Å²) in [7, 11) is 0. The first-order chi connectivity index (χ1) is 9.38. The van der Waals surface area contributed by atoms with Crippen LogP contribution < -0.4 is 0 Å². The van der Waals surface area contributed by atoms with Crippen molar-refractivity contribution in [2.45, 2.75) is 39.5 Å². The number of aromatic nitrogens is 1. The van der Waals surface area contributed by atoms with Gasteiger partial charge in [0.2, 0.25) is 0 Å². The van der Waals surface area contributed by atoms with Gasteiger partial charge >= 0.3 is 0 Å². The van der Waals surface area contributed by atoms with Gasteiger partial charge < -0.3 is 0 Å². The van der Waals surface area contributed by atoms with Crippen molar-refractivity contribution in [1.82, 2.24) is 4.98 Å². The minimum absolute atomic E-state index is 0.0756. The van der Waals surface area contributed by atoms with Gasteiger partial charge in [0.15, 0.2) is 5.78 Å². The highest BCUT2D eigenvalue weighted by Gasteiger charge is 2.14. The number of hydrogen-bond donors (Lipinski definition) is 0. The molecule has 0 atom stereocenters. The molecule has 0 amide bonds. The second-order valence-corrected chi connectivity index (χ2v) is 6.22. The molecule has 2 nitrogen and oxygen atoms in total. The molecular weight excluding hydrogens is 246 g/mol. The van der Waals surface area contributed by atoms with E-state index >= 15 is 0 Å². The van der Waals surface area contributed by atoms with Gasteiger partial charge in [0.1, 0.15) is 5.69 Å². The van der Waals surface area contributed by atoms with Crippen molar-refractivity contribution in [3.8, 4) is 0 Å². The second-order valence-electron chi connectivity index (χ2n) is 6.22. The minimum atomic E-state index is 0.0756. The Morgan fingerprint density at radius 3 is 2.30 bits per heavy atom. The van der Waals surface area contributed by atoms with Crippen molar-refractivity contribution in [3.05, 3.63) is 65.0 Å². The van der Waals surface area contributed by atoms with Crippen LogP contribution in [0.25, 0.3) is 0 Å². The molecule has 0 unspecified atom stereocenters. The first kappa shape index (κ1) is 14.4. The average molecular weight is 267 g/mol. The maximum absolute atomic E-state index is 12.3. The summed E-state index contributed by atoms with van der Waals surface area (Å²) >= 11 is 0. The van der Waals surface area contributed by atoms with Crippen molar-refractivity contribution in [1.29, 1.82) is 0 Å². The largest absolute Gasteiger partial charge is 0.292 e. The highest BCUT2D eigenvalue weighted by atomic mass is 16.1. The molecule has 0 saturated carbocycles. The number of Topliss-reactive ketones (excluding diaryl/α,β-unsaturated/α-hetero) is 1. The fourth-order valence-corrected chi connectivity index (χ4v) is 2.17. The van der Waals surface area contributed by atoms with E-state index < -0.39 is 0 Å². The Morgan fingerprint density at radius 2 is 1.75 bits per heavy atom. The van der Waals surface area contributed by atoms with E-state index in [1.54, 1.807) is 6.20 Å². The van der Waals surface area contributed by atoms with E-state index in [1.807, 2.05) is 31.2 Å². The van der Waals surface area contributed by atoms with Crippen LogP contribution in [0.2, 0.25) is 0 Å². The van der Waals surface area contributed by atoms with E-state index in [-0.39, 0.29) is 11.2 Å². The van der Waals surface area contributed by atoms with Gasteiger partial charge in [-0.15, -0.1) is 0 Å². The van der Waals surface area contributed by atoms with Crippen LogP contribution in [0.15, 0.2) is 42.6 Å². The highest BCUT2D eigenvalue weighted by molar-refractivity contribution is 5.96. The number of rotatable bonds is 3. The van der Waals surface area contributed by atoms with Crippen LogP contribution in [0.4, 0.5) is 0 Å². The molecule has 1 aromatic heterocycles. The number of ketones is 1. The smallest absolute Gasteiger partial charge is 0.185 e. The van der Waals surface area contributed by atoms with Gasteiger partial charge in [-0.25, -0.2) is 0 Å². The van der Waals surface area contributed by atoms with Gasteiger partial charge in [-0.1, -0.05) is 51.1 Å². The van der Waals surface area contributed by atoms with E-state index in [1.165, 1.54) is 5.56 Å². The van der Waals surface area contributed by atoms with Crippen LogP contribution in [0.1, 0.15) is 48.0 Å². The Kier molecular flexibility index (Phi) is 4.03. The number of nitrogens with zero attached hydrogens (tertiary/aromatic N) is 1. The van der Waals surface area contributed by atoms with Crippen LogP contribution in [-0.4, -0.2) is 10.8 Å². The van der Waals surface area contributed by atoms with Crippen molar-refractivity contribution in [2.24, 2.45) is 0 Å². The van der Waals surface area contributed by atoms with E-state index in [2.05, 4.69) is 37.9 Å². The summed E-state index contributed by atoms with van der Waals surface area (Å²) in [5, 5.41) is 0. The summed E-state index contributed by atoms with van der Waals surface area (Å²) in [5.74, 6) is 0.0756. The van der Waals surface area contributed by atoms with Crippen molar-refractivity contribution in [3.63, 3.8) is 0 Å². The Hall–Kier alpha value is -1.96. The average Bonchev–Trinajstić information content (AvgIpc) is 2.38. The molecule has 20 heavy (non-hydrogen) atoms. The summed E-state index contributed by atoms with van der Waals surface area (Å²) in [6, 6.07) is 12.1. The zero-order chi connectivity index (χ0) is 14.8. The maximum atomic E-state index is 12.3. The quantitative estimate of drug-likeness (QED) is 0.783. The molecule has 0 bridgehead atoms. The molecule has 2 heteroatoms. The lowest BCUT2D eigenvalue weighted by atomic mass is 9.86. The Bertz CT molecular complexity index is 606. The molecule has 104 valence electrons. The zero-order valence-electron chi connectivity index (χ0n) is 12.6. The minimum Gasteiger partial charge on any atom is -0.292 e. The monoisotopic (exact) mass is 267 g/mol. The topological polar surface area (TPSA) is 30.0 Å². The van der Waals surface area contributed by atoms with Crippen molar-refractivity contribution < 1.29 is 4.79 Å². The van der Waals surface area contributed by atoms with Crippen molar-refractivity contribution >= 4 is 5.78 Å². The van der Waals surface area contributed by atoms with Crippen molar-refractivity contribution in [2.75, 3.05) is 0 Å². The normalized spacial score (nSPS) is 11.4. The zero-order valence-corrected chi connectivity index (χ0v) is 12.6. The third-order valence-corrected chi connectivity index (χ3v) is 3.46. The van der Waals surface area contributed by atoms with Gasteiger partial charge in [0.05, 0.1) is 0 Å².